The zero-order valence-corrected chi connectivity index (χ0v) is 10.7. The van der Waals surface area contributed by atoms with Crippen LogP contribution in [0.5, 0.6) is 0 Å². The third kappa shape index (κ3) is 2.02. The minimum atomic E-state index is -0.518. The second-order valence-electron chi connectivity index (χ2n) is 4.40. The first-order chi connectivity index (χ1) is 9.69. The zero-order valence-electron chi connectivity index (χ0n) is 10.7. The number of para-hydroxylation sites is 1. The summed E-state index contributed by atoms with van der Waals surface area (Å²) in [6, 6.07) is 9.61. The lowest BCUT2D eigenvalue weighted by Crippen LogP contribution is -2.09. The maximum absolute atomic E-state index is 11.1. The average Bonchev–Trinajstić information content (AvgIpc) is 2.96. The van der Waals surface area contributed by atoms with Gasteiger partial charge in [-0.05, 0) is 17.7 Å². The lowest BCUT2D eigenvalue weighted by Gasteiger charge is -2.07. The van der Waals surface area contributed by atoms with Crippen molar-refractivity contribution in [2.75, 3.05) is 0 Å². The molecular weight excluding hydrogens is 254 g/mol. The molecule has 0 saturated carbocycles. The van der Waals surface area contributed by atoms with E-state index in [4.69, 9.17) is 11.5 Å². The Hall–Kier alpha value is -2.73. The van der Waals surface area contributed by atoms with Crippen LogP contribution in [0.2, 0.25) is 0 Å². The number of hydrogen-bond donors (Lipinski definition) is 2. The van der Waals surface area contributed by atoms with Gasteiger partial charge in [0.2, 0.25) is 0 Å². The highest BCUT2D eigenvalue weighted by Gasteiger charge is 2.09. The van der Waals surface area contributed by atoms with E-state index < -0.39 is 5.91 Å². The molecule has 1 aromatic carbocycles. The Morgan fingerprint density at radius 2 is 2.10 bits per heavy atom. The quantitative estimate of drug-likeness (QED) is 0.738. The first-order valence-electron chi connectivity index (χ1n) is 6.12. The third-order valence-corrected chi connectivity index (χ3v) is 3.11. The monoisotopic (exact) mass is 267 g/mol. The first-order valence-corrected chi connectivity index (χ1v) is 6.12. The molecule has 0 radical (unpaired) electrons. The number of carbonyl (C=O) groups is 1. The number of pyridine rings is 1. The highest BCUT2D eigenvalue weighted by atomic mass is 16.1. The Bertz CT molecular complexity index is 793. The molecule has 1 amide bonds. The number of nitrogens with zero attached hydrogens (tertiary/aromatic N) is 3. The summed E-state index contributed by atoms with van der Waals surface area (Å²) in [5.41, 5.74) is 13.2. The lowest BCUT2D eigenvalue weighted by molar-refractivity contribution is 0.100. The Balaban J connectivity index is 2.18. The first kappa shape index (κ1) is 12.3. The number of rotatable bonds is 3. The van der Waals surface area contributed by atoms with Crippen LogP contribution in [0.25, 0.3) is 16.7 Å². The molecule has 0 spiro atoms. The van der Waals surface area contributed by atoms with Crippen LogP contribution >= 0.6 is 0 Å². The smallest absolute Gasteiger partial charge is 0.251 e. The summed E-state index contributed by atoms with van der Waals surface area (Å²) in [6.45, 7) is 0.403. The minimum absolute atomic E-state index is 0.342. The van der Waals surface area contributed by atoms with Crippen LogP contribution in [0.3, 0.4) is 0 Å². The van der Waals surface area contributed by atoms with Gasteiger partial charge in [0.05, 0.1) is 17.3 Å². The van der Waals surface area contributed by atoms with Crippen molar-refractivity contribution >= 4 is 16.8 Å². The van der Waals surface area contributed by atoms with Gasteiger partial charge in [0, 0.05) is 18.1 Å². The number of primary amides is 1. The molecule has 0 bridgehead atoms. The molecule has 4 N–H and O–H groups in total. The molecule has 2 aromatic heterocycles. The van der Waals surface area contributed by atoms with Crippen LogP contribution in [0, 0.1) is 0 Å². The van der Waals surface area contributed by atoms with Gasteiger partial charge in [-0.25, -0.2) is 9.67 Å². The van der Waals surface area contributed by atoms with E-state index in [1.165, 1.54) is 10.9 Å². The van der Waals surface area contributed by atoms with Gasteiger partial charge >= 0.3 is 0 Å². The van der Waals surface area contributed by atoms with Crippen molar-refractivity contribution in [2.45, 2.75) is 6.54 Å². The lowest BCUT2D eigenvalue weighted by atomic mass is 10.1. The fourth-order valence-corrected chi connectivity index (χ4v) is 2.09. The summed E-state index contributed by atoms with van der Waals surface area (Å²) < 4.78 is 1.52. The maximum atomic E-state index is 11.1. The summed E-state index contributed by atoms with van der Waals surface area (Å²) in [4.78, 5) is 15.6. The molecular formula is C14H13N5O. The van der Waals surface area contributed by atoms with E-state index in [2.05, 4.69) is 10.1 Å². The molecule has 2 heterocycles. The summed E-state index contributed by atoms with van der Waals surface area (Å²) in [7, 11) is 0. The molecule has 3 aromatic rings. The van der Waals surface area contributed by atoms with Gasteiger partial charge in [-0.2, -0.15) is 5.10 Å². The topological polar surface area (TPSA) is 99.8 Å². The fraction of sp³-hybridized carbons (Fsp3) is 0.0714. The van der Waals surface area contributed by atoms with Crippen LogP contribution in [-0.2, 0) is 6.54 Å². The Morgan fingerprint density at radius 3 is 2.80 bits per heavy atom. The maximum Gasteiger partial charge on any atom is 0.251 e. The van der Waals surface area contributed by atoms with E-state index in [1.807, 2.05) is 30.3 Å². The van der Waals surface area contributed by atoms with Gasteiger partial charge in [-0.3, -0.25) is 4.79 Å². The number of aromatic nitrogens is 3. The second-order valence-corrected chi connectivity index (χ2v) is 4.40. The van der Waals surface area contributed by atoms with Gasteiger partial charge in [0.1, 0.15) is 0 Å². The molecule has 6 nitrogen and oxygen atoms in total. The molecule has 0 fully saturated rings. The van der Waals surface area contributed by atoms with Crippen molar-refractivity contribution in [1.29, 1.82) is 0 Å². The van der Waals surface area contributed by atoms with Gasteiger partial charge in [-0.15, -0.1) is 0 Å². The molecule has 20 heavy (non-hydrogen) atoms. The SMILES string of the molecule is NCc1cc(-n2cc(C(N)=O)cn2)nc2ccccc12. The fourth-order valence-electron chi connectivity index (χ4n) is 2.09. The number of amides is 1. The third-order valence-electron chi connectivity index (χ3n) is 3.11. The van der Waals surface area contributed by atoms with E-state index in [1.54, 1.807) is 6.20 Å². The van der Waals surface area contributed by atoms with Crippen LogP contribution in [0.1, 0.15) is 15.9 Å². The van der Waals surface area contributed by atoms with Crippen LogP contribution in [0.4, 0.5) is 0 Å². The summed E-state index contributed by atoms with van der Waals surface area (Å²) >= 11 is 0. The Labute approximate surface area is 115 Å². The van der Waals surface area contributed by atoms with E-state index >= 15 is 0 Å². The van der Waals surface area contributed by atoms with E-state index in [-0.39, 0.29) is 0 Å². The largest absolute Gasteiger partial charge is 0.366 e. The molecule has 0 saturated heterocycles. The average molecular weight is 267 g/mol. The number of fused-ring (bicyclic) bond motifs is 1. The van der Waals surface area contributed by atoms with Crippen molar-refractivity contribution in [3.05, 3.63) is 53.9 Å². The standard InChI is InChI=1S/C14H13N5O/c15-6-9-5-13(18-12-4-2-1-3-11(9)12)19-8-10(7-17-19)14(16)20/h1-5,7-8H,6,15H2,(H2,16,20). The summed E-state index contributed by atoms with van der Waals surface area (Å²) in [6.07, 6.45) is 2.97. The molecule has 0 aliphatic carbocycles. The predicted molar refractivity (Wildman–Crippen MR) is 75.3 cm³/mol. The normalized spacial score (nSPS) is 10.8. The van der Waals surface area contributed by atoms with Crippen molar-refractivity contribution < 1.29 is 4.79 Å². The molecule has 0 aliphatic rings. The predicted octanol–water partition coefficient (Wildman–Crippen LogP) is 0.978. The Kier molecular flexibility index (Phi) is 2.92. The van der Waals surface area contributed by atoms with Gasteiger partial charge in [0.25, 0.3) is 5.91 Å². The van der Waals surface area contributed by atoms with Crippen molar-refractivity contribution in [1.82, 2.24) is 14.8 Å². The molecule has 100 valence electrons. The highest BCUT2D eigenvalue weighted by molar-refractivity contribution is 5.92. The van der Waals surface area contributed by atoms with Crippen molar-refractivity contribution in [3.63, 3.8) is 0 Å². The summed E-state index contributed by atoms with van der Waals surface area (Å²) in [5, 5.41) is 5.12. The molecule has 0 unspecified atom stereocenters. The highest BCUT2D eigenvalue weighted by Crippen LogP contribution is 2.19. The molecule has 0 aliphatic heterocycles. The van der Waals surface area contributed by atoms with Crippen molar-refractivity contribution in [3.8, 4) is 5.82 Å². The summed E-state index contributed by atoms with van der Waals surface area (Å²) in [5.74, 6) is 0.0905. The number of hydrogen-bond acceptors (Lipinski definition) is 4. The van der Waals surface area contributed by atoms with E-state index in [0.717, 1.165) is 16.5 Å². The van der Waals surface area contributed by atoms with E-state index in [0.29, 0.717) is 17.9 Å². The molecule has 6 heteroatoms. The van der Waals surface area contributed by atoms with E-state index in [9.17, 15) is 4.79 Å². The van der Waals surface area contributed by atoms with Crippen LogP contribution < -0.4 is 11.5 Å². The number of carbonyl (C=O) groups excluding carboxylic acids is 1. The minimum Gasteiger partial charge on any atom is -0.366 e. The number of benzene rings is 1. The van der Waals surface area contributed by atoms with Gasteiger partial charge < -0.3 is 11.5 Å². The van der Waals surface area contributed by atoms with Gasteiger partial charge in [-0.1, -0.05) is 18.2 Å². The Morgan fingerprint density at radius 1 is 1.30 bits per heavy atom. The molecule has 0 atom stereocenters. The molecule has 3 rings (SSSR count). The zero-order chi connectivity index (χ0) is 14.1. The van der Waals surface area contributed by atoms with Crippen molar-refractivity contribution in [2.24, 2.45) is 11.5 Å². The van der Waals surface area contributed by atoms with Crippen LogP contribution in [-0.4, -0.2) is 20.7 Å². The number of nitrogens with two attached hydrogens (primary N) is 2. The second kappa shape index (κ2) is 4.75. The van der Waals surface area contributed by atoms with Crippen LogP contribution in [0.15, 0.2) is 42.7 Å². The van der Waals surface area contributed by atoms with Gasteiger partial charge in [0.15, 0.2) is 5.82 Å².